The molecule has 0 aliphatic carbocycles. The lowest BCUT2D eigenvalue weighted by molar-refractivity contribution is 0.547. The minimum Gasteiger partial charge on any atom is -0.323 e. The average molecular weight is 301 g/mol. The van der Waals surface area contributed by atoms with Crippen LogP contribution in [0.2, 0.25) is 0 Å². The van der Waals surface area contributed by atoms with Gasteiger partial charge in [-0.1, -0.05) is 29.1 Å². The van der Waals surface area contributed by atoms with Crippen LogP contribution < -0.4 is 5.56 Å². The Labute approximate surface area is 125 Å². The van der Waals surface area contributed by atoms with Crippen molar-refractivity contribution in [2.45, 2.75) is 30.9 Å². The molecule has 2 aromatic heterocycles. The molecule has 0 aliphatic heterocycles. The van der Waals surface area contributed by atoms with Gasteiger partial charge < -0.3 is 4.57 Å². The van der Waals surface area contributed by atoms with Gasteiger partial charge in [0.15, 0.2) is 5.16 Å². The molecule has 0 spiro atoms. The molecular weight excluding hydrogens is 286 g/mol. The van der Waals surface area contributed by atoms with Gasteiger partial charge in [0.25, 0.3) is 5.56 Å². The zero-order valence-corrected chi connectivity index (χ0v) is 12.6. The number of hydrogen-bond acceptors (Lipinski definition) is 5. The Balaban J connectivity index is 1.87. The first kappa shape index (κ1) is 13.8. The zero-order valence-electron chi connectivity index (χ0n) is 11.8. The van der Waals surface area contributed by atoms with E-state index in [2.05, 4.69) is 33.7 Å². The molecule has 0 fully saturated rings. The van der Waals surface area contributed by atoms with Gasteiger partial charge in [0, 0.05) is 18.4 Å². The molecule has 2 heterocycles. The van der Waals surface area contributed by atoms with Crippen LogP contribution in [0, 0.1) is 0 Å². The van der Waals surface area contributed by atoms with E-state index >= 15 is 0 Å². The average Bonchev–Trinajstić information content (AvgIpc) is 2.95. The standard InChI is InChI=1S/C14H15N5OS/c1-10(2)18-8-7-15-14(18)21-9-19-13(20)11-5-3-4-6-12(11)16-17-19/h3-8,10H,9H2,1-2H3. The number of rotatable bonds is 4. The van der Waals surface area contributed by atoms with E-state index in [1.165, 1.54) is 16.4 Å². The summed E-state index contributed by atoms with van der Waals surface area (Å²) in [6.45, 7) is 4.18. The monoisotopic (exact) mass is 301 g/mol. The Morgan fingerprint density at radius 2 is 2.10 bits per heavy atom. The number of imidazole rings is 1. The van der Waals surface area contributed by atoms with E-state index in [0.29, 0.717) is 22.8 Å². The molecule has 0 N–H and O–H groups in total. The molecule has 21 heavy (non-hydrogen) atoms. The Morgan fingerprint density at radius 3 is 2.90 bits per heavy atom. The first-order chi connectivity index (χ1) is 10.2. The maximum atomic E-state index is 12.3. The molecule has 0 saturated carbocycles. The van der Waals surface area contributed by atoms with Crippen LogP contribution in [0.25, 0.3) is 10.9 Å². The second kappa shape index (κ2) is 5.69. The summed E-state index contributed by atoms with van der Waals surface area (Å²) < 4.78 is 3.43. The van der Waals surface area contributed by atoms with E-state index < -0.39 is 0 Å². The maximum absolute atomic E-state index is 12.3. The third kappa shape index (κ3) is 2.69. The highest BCUT2D eigenvalue weighted by molar-refractivity contribution is 7.98. The largest absolute Gasteiger partial charge is 0.323 e. The molecule has 0 amide bonds. The van der Waals surface area contributed by atoms with Gasteiger partial charge in [0.05, 0.1) is 11.3 Å². The fourth-order valence-electron chi connectivity index (χ4n) is 2.03. The van der Waals surface area contributed by atoms with Crippen LogP contribution in [-0.4, -0.2) is 24.5 Å². The first-order valence-corrected chi connectivity index (χ1v) is 7.63. The highest BCUT2D eigenvalue weighted by Crippen LogP contribution is 2.20. The molecule has 0 aliphatic rings. The van der Waals surface area contributed by atoms with Crippen molar-refractivity contribution in [3.05, 3.63) is 47.0 Å². The van der Waals surface area contributed by atoms with Gasteiger partial charge in [-0.2, -0.15) is 4.68 Å². The van der Waals surface area contributed by atoms with Gasteiger partial charge in [-0.3, -0.25) is 4.79 Å². The van der Waals surface area contributed by atoms with Crippen molar-refractivity contribution in [1.29, 1.82) is 0 Å². The summed E-state index contributed by atoms with van der Waals surface area (Å²) in [5, 5.41) is 9.50. The molecule has 7 heteroatoms. The molecular formula is C14H15N5OS. The molecule has 0 unspecified atom stereocenters. The summed E-state index contributed by atoms with van der Waals surface area (Å²) in [6.07, 6.45) is 3.69. The van der Waals surface area contributed by atoms with Gasteiger partial charge in [-0.25, -0.2) is 4.98 Å². The number of nitrogens with zero attached hydrogens (tertiary/aromatic N) is 5. The maximum Gasteiger partial charge on any atom is 0.278 e. The quantitative estimate of drug-likeness (QED) is 0.692. The number of thioether (sulfide) groups is 1. The van der Waals surface area contributed by atoms with E-state index in [0.717, 1.165) is 5.16 Å². The summed E-state index contributed by atoms with van der Waals surface area (Å²) in [7, 11) is 0. The van der Waals surface area contributed by atoms with E-state index in [1.54, 1.807) is 18.3 Å². The summed E-state index contributed by atoms with van der Waals surface area (Å²) in [5.74, 6) is 0.389. The molecule has 0 radical (unpaired) electrons. The molecule has 0 atom stereocenters. The zero-order chi connectivity index (χ0) is 14.8. The number of aromatic nitrogens is 5. The van der Waals surface area contributed by atoms with E-state index in [1.807, 2.05) is 18.3 Å². The number of hydrogen-bond donors (Lipinski definition) is 0. The topological polar surface area (TPSA) is 65.6 Å². The third-order valence-corrected chi connectivity index (χ3v) is 4.08. The van der Waals surface area contributed by atoms with E-state index in [4.69, 9.17) is 0 Å². The summed E-state index contributed by atoms with van der Waals surface area (Å²) in [5.41, 5.74) is 0.489. The summed E-state index contributed by atoms with van der Waals surface area (Å²) in [4.78, 5) is 16.6. The van der Waals surface area contributed by atoms with Crippen molar-refractivity contribution in [3.63, 3.8) is 0 Å². The van der Waals surface area contributed by atoms with Crippen LogP contribution in [0.15, 0.2) is 46.6 Å². The minimum absolute atomic E-state index is 0.129. The minimum atomic E-state index is -0.129. The second-order valence-corrected chi connectivity index (χ2v) is 5.81. The van der Waals surface area contributed by atoms with Crippen LogP contribution in [0.5, 0.6) is 0 Å². The van der Waals surface area contributed by atoms with Gasteiger partial charge in [0.1, 0.15) is 5.52 Å². The molecule has 0 bridgehead atoms. The van der Waals surface area contributed by atoms with Crippen molar-refractivity contribution in [3.8, 4) is 0 Å². The van der Waals surface area contributed by atoms with Gasteiger partial charge in [-0.05, 0) is 26.0 Å². The number of benzene rings is 1. The van der Waals surface area contributed by atoms with Crippen LogP contribution in [0.4, 0.5) is 0 Å². The highest BCUT2D eigenvalue weighted by Gasteiger charge is 2.09. The van der Waals surface area contributed by atoms with Crippen LogP contribution in [-0.2, 0) is 5.88 Å². The Morgan fingerprint density at radius 1 is 1.29 bits per heavy atom. The normalized spacial score (nSPS) is 11.4. The molecule has 3 rings (SSSR count). The second-order valence-electron chi connectivity index (χ2n) is 4.90. The molecule has 1 aromatic carbocycles. The third-order valence-electron chi connectivity index (χ3n) is 3.13. The van der Waals surface area contributed by atoms with Gasteiger partial charge in [-0.15, -0.1) is 5.10 Å². The predicted octanol–water partition coefficient (Wildman–Crippen LogP) is 2.32. The predicted molar refractivity (Wildman–Crippen MR) is 82.3 cm³/mol. The number of fused-ring (bicyclic) bond motifs is 1. The molecule has 6 nitrogen and oxygen atoms in total. The lowest BCUT2D eigenvalue weighted by Crippen LogP contribution is -2.23. The van der Waals surface area contributed by atoms with Gasteiger partial charge >= 0.3 is 0 Å². The van der Waals surface area contributed by atoms with Crippen LogP contribution in [0.3, 0.4) is 0 Å². The summed E-state index contributed by atoms with van der Waals surface area (Å²) >= 11 is 1.47. The first-order valence-electron chi connectivity index (χ1n) is 6.65. The highest BCUT2D eigenvalue weighted by atomic mass is 32.2. The Kier molecular flexibility index (Phi) is 3.74. The van der Waals surface area contributed by atoms with Crippen LogP contribution in [0.1, 0.15) is 19.9 Å². The van der Waals surface area contributed by atoms with Crippen molar-refractivity contribution < 1.29 is 0 Å². The fraction of sp³-hybridized carbons (Fsp3) is 0.286. The molecule has 108 valence electrons. The van der Waals surface area contributed by atoms with E-state index in [-0.39, 0.29) is 5.56 Å². The molecule has 0 saturated heterocycles. The SMILES string of the molecule is CC(C)n1ccnc1SCn1nnc2ccccc2c1=O. The van der Waals surface area contributed by atoms with Crippen molar-refractivity contribution in [2.24, 2.45) is 0 Å². The van der Waals surface area contributed by atoms with E-state index in [9.17, 15) is 4.79 Å². The van der Waals surface area contributed by atoms with Crippen LogP contribution >= 0.6 is 11.8 Å². The molecule has 3 aromatic rings. The van der Waals surface area contributed by atoms with Crippen molar-refractivity contribution in [1.82, 2.24) is 24.5 Å². The fourth-order valence-corrected chi connectivity index (χ4v) is 2.99. The van der Waals surface area contributed by atoms with Gasteiger partial charge in [0.2, 0.25) is 0 Å². The lowest BCUT2D eigenvalue weighted by Gasteiger charge is -2.10. The smallest absolute Gasteiger partial charge is 0.278 e. The Hall–Kier alpha value is -2.15. The van der Waals surface area contributed by atoms with Crippen molar-refractivity contribution in [2.75, 3.05) is 0 Å². The van der Waals surface area contributed by atoms with Crippen molar-refractivity contribution >= 4 is 22.7 Å². The lowest BCUT2D eigenvalue weighted by atomic mass is 10.2. The summed E-state index contributed by atoms with van der Waals surface area (Å²) in [6, 6.07) is 7.55. The Bertz CT molecular complexity index is 823.